The number of benzene rings is 3. The first-order chi connectivity index (χ1) is 19.7. The van der Waals surface area contributed by atoms with Crippen molar-refractivity contribution in [2.45, 2.75) is 4.90 Å². The van der Waals surface area contributed by atoms with Gasteiger partial charge < -0.3 is 19.8 Å². The Morgan fingerprint density at radius 1 is 1.07 bits per heavy atom. The maximum Gasteiger partial charge on any atom is 0.262 e. The first-order valence-corrected chi connectivity index (χ1v) is 14.8. The molecule has 1 fully saturated rings. The van der Waals surface area contributed by atoms with Crippen LogP contribution in [0.15, 0.2) is 65.6 Å². The van der Waals surface area contributed by atoms with Crippen LogP contribution < -0.4 is 14.8 Å². The van der Waals surface area contributed by atoms with Crippen LogP contribution in [0, 0.1) is 5.82 Å². The number of nitrogens with one attached hydrogen (secondary N) is 3. The normalized spacial score (nSPS) is 16.6. The number of hydrogen-bond donors (Lipinski definition) is 3. The fourth-order valence-electron chi connectivity index (χ4n) is 4.83. The number of H-pyrrole nitrogens is 1. The molecule has 0 bridgehead atoms. The molecule has 6 rings (SSSR count). The number of fused-ring (bicyclic) bond motifs is 2. The van der Waals surface area contributed by atoms with Crippen LogP contribution in [0.4, 0.5) is 15.8 Å². The fraction of sp³-hybridized carbons (Fsp3) is 0.207. The van der Waals surface area contributed by atoms with Gasteiger partial charge in [0.2, 0.25) is 0 Å². The van der Waals surface area contributed by atoms with Gasteiger partial charge in [-0.1, -0.05) is 11.6 Å². The summed E-state index contributed by atoms with van der Waals surface area (Å²) in [5.74, 6) is -0.423. The number of aromatic amines is 1. The summed E-state index contributed by atoms with van der Waals surface area (Å²) in [6.07, 6.45) is 1.67. The van der Waals surface area contributed by atoms with Crippen LogP contribution in [0.5, 0.6) is 5.75 Å². The summed E-state index contributed by atoms with van der Waals surface area (Å²) in [7, 11) is -4.15. The second kappa shape index (κ2) is 11.2. The molecule has 3 aromatic carbocycles. The highest BCUT2D eigenvalue weighted by Gasteiger charge is 2.27. The minimum atomic E-state index is -4.15. The van der Waals surface area contributed by atoms with Crippen LogP contribution in [0.2, 0.25) is 5.02 Å². The molecule has 1 saturated heterocycles. The zero-order valence-electron chi connectivity index (χ0n) is 21.7. The smallest absolute Gasteiger partial charge is 0.262 e. The number of nitrogens with zero attached hydrogens (tertiary/aromatic N) is 1. The molecule has 212 valence electrons. The summed E-state index contributed by atoms with van der Waals surface area (Å²) >= 11 is 5.77. The summed E-state index contributed by atoms with van der Waals surface area (Å²) in [4.78, 5) is 18.3. The number of amides is 1. The Morgan fingerprint density at radius 3 is 2.71 bits per heavy atom. The lowest BCUT2D eigenvalue weighted by atomic mass is 10.1. The van der Waals surface area contributed by atoms with Gasteiger partial charge >= 0.3 is 0 Å². The number of aromatic nitrogens is 1. The van der Waals surface area contributed by atoms with E-state index >= 15 is 0 Å². The molecular weight excluding hydrogens is 571 g/mol. The number of carbonyl (C=O) groups excluding carboxylic acids is 1. The molecule has 3 heterocycles. The number of anilines is 2. The van der Waals surface area contributed by atoms with Crippen molar-refractivity contribution in [1.29, 1.82) is 0 Å². The van der Waals surface area contributed by atoms with Gasteiger partial charge in [0.05, 0.1) is 29.4 Å². The Bertz CT molecular complexity index is 1780. The summed E-state index contributed by atoms with van der Waals surface area (Å²) < 4.78 is 53.9. The van der Waals surface area contributed by atoms with E-state index in [1.807, 2.05) is 24.3 Å². The van der Waals surface area contributed by atoms with Gasteiger partial charge in [0.15, 0.2) is 0 Å². The molecule has 0 spiro atoms. The average molecular weight is 597 g/mol. The number of carbonyl (C=O) groups is 1. The molecule has 0 radical (unpaired) electrons. The Hall–Kier alpha value is -3.90. The van der Waals surface area contributed by atoms with Crippen LogP contribution in [0.1, 0.15) is 11.3 Å². The monoisotopic (exact) mass is 596 g/mol. The molecule has 0 saturated carbocycles. The van der Waals surface area contributed by atoms with Crippen molar-refractivity contribution < 1.29 is 27.1 Å². The van der Waals surface area contributed by atoms with E-state index in [1.165, 1.54) is 30.3 Å². The standard InChI is InChI=1S/C29H26ClFN4O5S/c30-19-1-4-28(25(31)15-19)34-41(37,38)22-3-6-27-23(17-22)24(29(36)33-27)16-20-13-18-14-21(2-5-26(18)32-20)40-12-9-35-7-10-39-11-8-35/h1-6,13-17,32,34H,7-12H2,(H,33,36). The Morgan fingerprint density at radius 2 is 1.90 bits per heavy atom. The number of ether oxygens (including phenoxy) is 2. The molecule has 4 aromatic rings. The number of rotatable bonds is 8. The topological polar surface area (TPSA) is 113 Å². The lowest BCUT2D eigenvalue weighted by molar-refractivity contribution is -0.110. The Balaban J connectivity index is 1.22. The minimum Gasteiger partial charge on any atom is -0.492 e. The van der Waals surface area contributed by atoms with Crippen molar-refractivity contribution in [3.8, 4) is 5.75 Å². The van der Waals surface area contributed by atoms with Crippen molar-refractivity contribution >= 4 is 61.5 Å². The van der Waals surface area contributed by atoms with Crippen molar-refractivity contribution in [1.82, 2.24) is 9.88 Å². The molecule has 1 amide bonds. The van der Waals surface area contributed by atoms with E-state index in [-0.39, 0.29) is 21.5 Å². The second-order valence-corrected chi connectivity index (χ2v) is 11.8. The molecule has 0 atom stereocenters. The number of morpholine rings is 1. The summed E-state index contributed by atoms with van der Waals surface area (Å²) in [5, 5.41) is 3.81. The molecule has 3 N–H and O–H groups in total. The molecule has 41 heavy (non-hydrogen) atoms. The van der Waals surface area contributed by atoms with Crippen LogP contribution >= 0.6 is 11.6 Å². The molecule has 2 aliphatic heterocycles. The first kappa shape index (κ1) is 27.3. The molecule has 0 unspecified atom stereocenters. The van der Waals surface area contributed by atoms with Crippen LogP contribution in [-0.2, 0) is 19.6 Å². The largest absolute Gasteiger partial charge is 0.492 e. The van der Waals surface area contributed by atoms with Crippen LogP contribution in [-0.4, -0.2) is 63.7 Å². The highest BCUT2D eigenvalue weighted by Crippen LogP contribution is 2.36. The SMILES string of the molecule is O=C1Nc2ccc(S(=O)(=O)Nc3ccc(Cl)cc3F)cc2C1=Cc1cc2cc(OCCN3CCOCC3)ccc2[nH]1. The van der Waals surface area contributed by atoms with Gasteiger partial charge in [-0.05, 0) is 66.7 Å². The van der Waals surface area contributed by atoms with Crippen molar-refractivity contribution in [2.24, 2.45) is 0 Å². The number of halogens is 2. The molecule has 12 heteroatoms. The summed E-state index contributed by atoms with van der Waals surface area (Å²) in [5.41, 5.74) is 2.48. The van der Waals surface area contributed by atoms with Gasteiger partial charge in [-0.25, -0.2) is 12.8 Å². The Kier molecular flexibility index (Phi) is 7.43. The van der Waals surface area contributed by atoms with E-state index < -0.39 is 15.8 Å². The van der Waals surface area contributed by atoms with Gasteiger partial charge in [-0.15, -0.1) is 0 Å². The lowest BCUT2D eigenvalue weighted by Gasteiger charge is -2.26. The maximum atomic E-state index is 14.2. The van der Waals surface area contributed by atoms with Crippen LogP contribution in [0.3, 0.4) is 0 Å². The predicted molar refractivity (Wildman–Crippen MR) is 156 cm³/mol. The van der Waals surface area contributed by atoms with E-state index in [0.29, 0.717) is 29.1 Å². The quantitative estimate of drug-likeness (QED) is 0.248. The number of sulfonamides is 1. The molecule has 2 aliphatic rings. The lowest BCUT2D eigenvalue weighted by Crippen LogP contribution is -2.38. The molecule has 1 aromatic heterocycles. The fourth-order valence-corrected chi connectivity index (χ4v) is 6.08. The van der Waals surface area contributed by atoms with E-state index in [2.05, 4.69) is 19.9 Å². The van der Waals surface area contributed by atoms with Crippen molar-refractivity contribution in [2.75, 3.05) is 49.5 Å². The van der Waals surface area contributed by atoms with Crippen molar-refractivity contribution in [3.63, 3.8) is 0 Å². The van der Waals surface area contributed by atoms with Gasteiger partial charge in [-0.3, -0.25) is 14.4 Å². The highest BCUT2D eigenvalue weighted by molar-refractivity contribution is 7.92. The number of hydrogen-bond acceptors (Lipinski definition) is 6. The van der Waals surface area contributed by atoms with Gasteiger partial charge in [0.25, 0.3) is 15.9 Å². The maximum absolute atomic E-state index is 14.2. The molecular formula is C29H26ClFN4O5S. The van der Waals surface area contributed by atoms with Crippen LogP contribution in [0.25, 0.3) is 22.6 Å². The molecule has 0 aliphatic carbocycles. The highest BCUT2D eigenvalue weighted by atomic mass is 35.5. The summed E-state index contributed by atoms with van der Waals surface area (Å²) in [6.45, 7) is 4.68. The average Bonchev–Trinajstić information content (AvgIpc) is 3.50. The third-order valence-corrected chi connectivity index (χ3v) is 8.55. The van der Waals surface area contributed by atoms with Crippen molar-refractivity contribution in [3.05, 3.63) is 82.8 Å². The summed E-state index contributed by atoms with van der Waals surface area (Å²) in [6, 6.07) is 15.5. The van der Waals surface area contributed by atoms with Gasteiger partial charge in [0.1, 0.15) is 18.2 Å². The van der Waals surface area contributed by atoms with E-state index in [9.17, 15) is 17.6 Å². The van der Waals surface area contributed by atoms with E-state index in [4.69, 9.17) is 21.1 Å². The second-order valence-electron chi connectivity index (χ2n) is 9.73. The predicted octanol–water partition coefficient (Wildman–Crippen LogP) is 4.96. The van der Waals surface area contributed by atoms with Gasteiger partial charge in [0, 0.05) is 52.5 Å². The first-order valence-electron chi connectivity index (χ1n) is 13.0. The third kappa shape index (κ3) is 5.94. The molecule has 9 nitrogen and oxygen atoms in total. The third-order valence-electron chi connectivity index (χ3n) is 6.95. The van der Waals surface area contributed by atoms with E-state index in [0.717, 1.165) is 55.6 Å². The minimum absolute atomic E-state index is 0.122. The Labute approximate surface area is 240 Å². The van der Waals surface area contributed by atoms with E-state index in [1.54, 1.807) is 6.08 Å². The zero-order valence-corrected chi connectivity index (χ0v) is 23.3. The zero-order chi connectivity index (χ0) is 28.6. The van der Waals surface area contributed by atoms with Gasteiger partial charge in [-0.2, -0.15) is 0 Å².